The zero-order valence-corrected chi connectivity index (χ0v) is 11.6. The second kappa shape index (κ2) is 6.34. The van der Waals surface area contributed by atoms with E-state index < -0.39 is 17.8 Å². The highest BCUT2D eigenvalue weighted by atomic mass is 19.4. The monoisotopic (exact) mass is 301 g/mol. The number of halogens is 3. The van der Waals surface area contributed by atoms with E-state index in [0.717, 1.165) is 19.0 Å². The van der Waals surface area contributed by atoms with Gasteiger partial charge in [0, 0.05) is 12.6 Å². The van der Waals surface area contributed by atoms with E-state index in [9.17, 15) is 18.0 Å². The molecule has 4 nitrogen and oxygen atoms in total. The van der Waals surface area contributed by atoms with Gasteiger partial charge in [-0.1, -0.05) is 19.1 Å². The van der Waals surface area contributed by atoms with Crippen molar-refractivity contribution in [2.45, 2.75) is 25.6 Å². The minimum atomic E-state index is -4.50. The maximum absolute atomic E-state index is 12.8. The van der Waals surface area contributed by atoms with Gasteiger partial charge < -0.3 is 16.0 Å². The number of nitrogens with one attached hydrogen (secondary N) is 3. The molecule has 0 aromatic heterocycles. The second-order valence-corrected chi connectivity index (χ2v) is 5.22. The maximum atomic E-state index is 12.8. The Bertz CT molecular complexity index is 504. The van der Waals surface area contributed by atoms with E-state index in [1.807, 2.05) is 6.92 Å². The number of carbonyl (C=O) groups is 1. The first kappa shape index (κ1) is 15.6. The quantitative estimate of drug-likeness (QED) is 0.787. The molecule has 1 aromatic carbocycles. The summed E-state index contributed by atoms with van der Waals surface area (Å²) < 4.78 is 38.5. The molecule has 7 heteroatoms. The van der Waals surface area contributed by atoms with E-state index in [0.29, 0.717) is 6.54 Å². The zero-order valence-electron chi connectivity index (χ0n) is 11.6. The number of urea groups is 1. The highest BCUT2D eigenvalue weighted by Gasteiger charge is 2.33. The lowest BCUT2D eigenvalue weighted by molar-refractivity contribution is -0.136. The SMILES string of the molecule is CC1CCNCC1NC(=O)Nc1ccccc1C(F)(F)F. The number of alkyl halides is 3. The van der Waals surface area contributed by atoms with Crippen LogP contribution in [-0.2, 0) is 6.18 Å². The predicted molar refractivity (Wildman–Crippen MR) is 74.0 cm³/mol. The fourth-order valence-corrected chi connectivity index (χ4v) is 2.35. The highest BCUT2D eigenvalue weighted by molar-refractivity contribution is 5.90. The Morgan fingerprint density at radius 3 is 2.71 bits per heavy atom. The molecule has 0 saturated carbocycles. The standard InChI is InChI=1S/C14H18F3N3O/c1-9-6-7-18-8-12(9)20-13(21)19-11-5-3-2-4-10(11)14(15,16)17/h2-5,9,12,18H,6-8H2,1H3,(H2,19,20,21). The molecular formula is C14H18F3N3O. The molecule has 1 saturated heterocycles. The van der Waals surface area contributed by atoms with Gasteiger partial charge >= 0.3 is 12.2 Å². The summed E-state index contributed by atoms with van der Waals surface area (Å²) in [5.74, 6) is 0.287. The Kier molecular flexibility index (Phi) is 4.72. The fraction of sp³-hybridized carbons (Fsp3) is 0.500. The van der Waals surface area contributed by atoms with Gasteiger partial charge in [-0.3, -0.25) is 0 Å². The lowest BCUT2D eigenvalue weighted by atomic mass is 9.95. The van der Waals surface area contributed by atoms with Crippen molar-refractivity contribution in [3.8, 4) is 0 Å². The molecule has 1 heterocycles. The van der Waals surface area contributed by atoms with E-state index in [4.69, 9.17) is 0 Å². The second-order valence-electron chi connectivity index (χ2n) is 5.22. The number of benzene rings is 1. The smallest absolute Gasteiger partial charge is 0.334 e. The van der Waals surface area contributed by atoms with Gasteiger partial charge in [0.05, 0.1) is 11.3 Å². The van der Waals surface area contributed by atoms with Gasteiger partial charge in [-0.05, 0) is 31.0 Å². The Morgan fingerprint density at radius 1 is 1.33 bits per heavy atom. The highest BCUT2D eigenvalue weighted by Crippen LogP contribution is 2.34. The molecule has 2 amide bonds. The van der Waals surface area contributed by atoms with Gasteiger partial charge in [0.15, 0.2) is 0 Å². The average molecular weight is 301 g/mol. The van der Waals surface area contributed by atoms with Crippen LogP contribution in [-0.4, -0.2) is 25.2 Å². The number of hydrogen-bond acceptors (Lipinski definition) is 2. The molecule has 21 heavy (non-hydrogen) atoms. The van der Waals surface area contributed by atoms with Crippen LogP contribution in [0.2, 0.25) is 0 Å². The zero-order chi connectivity index (χ0) is 15.5. The van der Waals surface area contributed by atoms with E-state index in [-0.39, 0.29) is 17.6 Å². The lowest BCUT2D eigenvalue weighted by Crippen LogP contribution is -2.51. The predicted octanol–water partition coefficient (Wildman–Crippen LogP) is 2.82. The maximum Gasteiger partial charge on any atom is 0.418 e. The Labute approximate surface area is 121 Å². The molecule has 2 rings (SSSR count). The van der Waals surface area contributed by atoms with Crippen LogP contribution in [0.4, 0.5) is 23.7 Å². The third-order valence-corrected chi connectivity index (χ3v) is 3.62. The van der Waals surface area contributed by atoms with Crippen LogP contribution in [0.3, 0.4) is 0 Å². The number of amides is 2. The van der Waals surface area contributed by atoms with E-state index in [1.54, 1.807) is 0 Å². The van der Waals surface area contributed by atoms with Gasteiger partial charge in [0.2, 0.25) is 0 Å². The average Bonchev–Trinajstić information content (AvgIpc) is 2.41. The number of hydrogen-bond donors (Lipinski definition) is 3. The fourth-order valence-electron chi connectivity index (χ4n) is 2.35. The first-order valence-corrected chi connectivity index (χ1v) is 6.82. The van der Waals surface area contributed by atoms with Crippen LogP contribution in [0.25, 0.3) is 0 Å². The number of carbonyl (C=O) groups excluding carboxylic acids is 1. The van der Waals surface area contributed by atoms with Gasteiger partial charge in [0.1, 0.15) is 0 Å². The van der Waals surface area contributed by atoms with Crippen LogP contribution in [0.15, 0.2) is 24.3 Å². The van der Waals surface area contributed by atoms with Crippen LogP contribution in [0, 0.1) is 5.92 Å². The van der Waals surface area contributed by atoms with Gasteiger partial charge in [-0.15, -0.1) is 0 Å². The van der Waals surface area contributed by atoms with Crippen molar-refractivity contribution < 1.29 is 18.0 Å². The van der Waals surface area contributed by atoms with Crippen molar-refractivity contribution in [1.82, 2.24) is 10.6 Å². The third kappa shape index (κ3) is 4.10. The van der Waals surface area contributed by atoms with Crippen molar-refractivity contribution in [2.75, 3.05) is 18.4 Å². The molecule has 3 N–H and O–H groups in total. The largest absolute Gasteiger partial charge is 0.418 e. The third-order valence-electron chi connectivity index (χ3n) is 3.62. The summed E-state index contributed by atoms with van der Waals surface area (Å²) in [4.78, 5) is 11.9. The Hall–Kier alpha value is -1.76. The molecule has 1 aliphatic rings. The molecule has 1 aliphatic heterocycles. The molecule has 2 atom stereocenters. The molecule has 1 aromatic rings. The molecule has 0 bridgehead atoms. The summed E-state index contributed by atoms with van der Waals surface area (Å²) >= 11 is 0. The molecule has 2 unspecified atom stereocenters. The molecule has 1 fully saturated rings. The van der Waals surface area contributed by atoms with E-state index in [2.05, 4.69) is 16.0 Å². The minimum Gasteiger partial charge on any atom is -0.334 e. The van der Waals surface area contributed by atoms with Crippen LogP contribution < -0.4 is 16.0 Å². The summed E-state index contributed by atoms with van der Waals surface area (Å²) in [6.45, 7) is 3.52. The Morgan fingerprint density at radius 2 is 2.05 bits per heavy atom. The van der Waals surface area contributed by atoms with Gasteiger partial charge in [0.25, 0.3) is 0 Å². The molecule has 0 aliphatic carbocycles. The van der Waals surface area contributed by atoms with Crippen LogP contribution >= 0.6 is 0 Å². The summed E-state index contributed by atoms with van der Waals surface area (Å²) in [5.41, 5.74) is -1.09. The number of piperidine rings is 1. The number of rotatable bonds is 2. The summed E-state index contributed by atoms with van der Waals surface area (Å²) in [6, 6.07) is 4.23. The van der Waals surface area contributed by atoms with Crippen molar-refractivity contribution in [3.05, 3.63) is 29.8 Å². The summed E-state index contributed by atoms with van der Waals surface area (Å²) in [5, 5.41) is 8.15. The molecular weight excluding hydrogens is 283 g/mol. The summed E-state index contributed by atoms with van der Waals surface area (Å²) in [7, 11) is 0. The number of para-hydroxylation sites is 1. The molecule has 0 spiro atoms. The molecule has 0 radical (unpaired) electrons. The van der Waals surface area contributed by atoms with E-state index >= 15 is 0 Å². The Balaban J connectivity index is 2.03. The summed E-state index contributed by atoms with van der Waals surface area (Å²) in [6.07, 6.45) is -3.58. The minimum absolute atomic E-state index is 0.0863. The number of anilines is 1. The first-order chi connectivity index (χ1) is 9.88. The van der Waals surface area contributed by atoms with Crippen molar-refractivity contribution in [2.24, 2.45) is 5.92 Å². The van der Waals surface area contributed by atoms with Crippen molar-refractivity contribution in [1.29, 1.82) is 0 Å². The van der Waals surface area contributed by atoms with Crippen molar-refractivity contribution in [3.63, 3.8) is 0 Å². The van der Waals surface area contributed by atoms with Crippen LogP contribution in [0.1, 0.15) is 18.9 Å². The topological polar surface area (TPSA) is 53.2 Å². The van der Waals surface area contributed by atoms with Crippen molar-refractivity contribution >= 4 is 11.7 Å². The van der Waals surface area contributed by atoms with E-state index in [1.165, 1.54) is 18.2 Å². The lowest BCUT2D eigenvalue weighted by Gasteiger charge is -2.30. The van der Waals surface area contributed by atoms with Crippen LogP contribution in [0.5, 0.6) is 0 Å². The first-order valence-electron chi connectivity index (χ1n) is 6.82. The molecule has 116 valence electrons. The van der Waals surface area contributed by atoms with Gasteiger partial charge in [-0.2, -0.15) is 13.2 Å². The van der Waals surface area contributed by atoms with Gasteiger partial charge in [-0.25, -0.2) is 4.79 Å². The normalized spacial score (nSPS) is 22.7.